The van der Waals surface area contributed by atoms with E-state index in [-0.39, 0.29) is 17.9 Å². The summed E-state index contributed by atoms with van der Waals surface area (Å²) in [6.45, 7) is 0.0210. The minimum Gasteiger partial charge on any atom is -0.409 e. The fraction of sp³-hybridized carbons (Fsp3) is 0.100. The van der Waals surface area contributed by atoms with Gasteiger partial charge < -0.3 is 10.9 Å². The number of rotatable bonds is 2. The van der Waals surface area contributed by atoms with Gasteiger partial charge in [-0.25, -0.2) is 4.98 Å². The lowest BCUT2D eigenvalue weighted by Crippen LogP contribution is -2.28. The molecule has 0 saturated heterocycles. The average molecular weight is 218 g/mol. The molecule has 3 N–H and O–H groups in total. The number of fused-ring (bicyclic) bond motifs is 1. The number of nitrogens with two attached hydrogens (primary N) is 1. The molecule has 1 aromatic carbocycles. The SMILES string of the molecule is N/C(Cn1cnc2ccccc2c1=O)=N/O. The Morgan fingerprint density at radius 1 is 1.50 bits per heavy atom. The van der Waals surface area contributed by atoms with Gasteiger partial charge in [-0.3, -0.25) is 9.36 Å². The highest BCUT2D eigenvalue weighted by Crippen LogP contribution is 2.04. The van der Waals surface area contributed by atoms with E-state index >= 15 is 0 Å². The maximum absolute atomic E-state index is 11.9. The summed E-state index contributed by atoms with van der Waals surface area (Å²) in [5.41, 5.74) is 5.75. The van der Waals surface area contributed by atoms with E-state index in [0.717, 1.165) is 0 Å². The molecule has 0 amide bonds. The molecular weight excluding hydrogens is 208 g/mol. The topological polar surface area (TPSA) is 93.5 Å². The fourth-order valence-electron chi connectivity index (χ4n) is 1.42. The predicted molar refractivity (Wildman–Crippen MR) is 59.4 cm³/mol. The van der Waals surface area contributed by atoms with Gasteiger partial charge in [0.15, 0.2) is 5.84 Å². The standard InChI is InChI=1S/C10H10N4O2/c11-9(13-16)5-14-6-12-8-4-2-1-3-7(8)10(14)15/h1-4,6,16H,5H2,(H2,11,13). The van der Waals surface area contributed by atoms with Gasteiger partial charge in [0, 0.05) is 0 Å². The molecule has 1 heterocycles. The molecule has 2 aromatic rings. The van der Waals surface area contributed by atoms with Crippen LogP contribution in [-0.4, -0.2) is 20.6 Å². The van der Waals surface area contributed by atoms with E-state index in [1.54, 1.807) is 18.2 Å². The normalized spacial score (nSPS) is 11.9. The Morgan fingerprint density at radius 3 is 3.00 bits per heavy atom. The molecule has 0 aliphatic heterocycles. The summed E-state index contributed by atoms with van der Waals surface area (Å²) < 4.78 is 1.29. The molecule has 0 atom stereocenters. The first-order chi connectivity index (χ1) is 7.72. The maximum atomic E-state index is 11.9. The van der Waals surface area contributed by atoms with Crippen molar-refractivity contribution in [1.29, 1.82) is 0 Å². The third-order valence-electron chi connectivity index (χ3n) is 2.19. The molecule has 0 saturated carbocycles. The van der Waals surface area contributed by atoms with Crippen LogP contribution in [0, 0.1) is 0 Å². The Bertz CT molecular complexity index is 603. The average Bonchev–Trinajstić information content (AvgIpc) is 2.33. The second kappa shape index (κ2) is 4.01. The van der Waals surface area contributed by atoms with E-state index in [0.29, 0.717) is 10.9 Å². The summed E-state index contributed by atoms with van der Waals surface area (Å²) in [5, 5.41) is 11.7. The molecule has 1 aromatic heterocycles. The quantitative estimate of drug-likeness (QED) is 0.324. The molecule has 0 unspecified atom stereocenters. The van der Waals surface area contributed by atoms with Crippen LogP contribution < -0.4 is 11.3 Å². The van der Waals surface area contributed by atoms with Crippen LogP contribution in [0.5, 0.6) is 0 Å². The Hall–Kier alpha value is -2.37. The van der Waals surface area contributed by atoms with Crippen molar-refractivity contribution in [2.24, 2.45) is 10.9 Å². The Kier molecular flexibility index (Phi) is 2.55. The highest BCUT2D eigenvalue weighted by atomic mass is 16.4. The van der Waals surface area contributed by atoms with Crippen LogP contribution in [0.2, 0.25) is 0 Å². The van der Waals surface area contributed by atoms with Gasteiger partial charge in [-0.2, -0.15) is 0 Å². The van der Waals surface area contributed by atoms with Crippen molar-refractivity contribution in [3.8, 4) is 0 Å². The Morgan fingerprint density at radius 2 is 2.25 bits per heavy atom. The molecule has 0 aliphatic rings. The summed E-state index contributed by atoms with van der Waals surface area (Å²) >= 11 is 0. The predicted octanol–water partition coefficient (Wildman–Crippen LogP) is 0.143. The van der Waals surface area contributed by atoms with Gasteiger partial charge in [-0.1, -0.05) is 17.3 Å². The molecule has 0 radical (unpaired) electrons. The van der Waals surface area contributed by atoms with E-state index in [4.69, 9.17) is 10.9 Å². The molecule has 6 nitrogen and oxygen atoms in total. The number of oxime groups is 1. The van der Waals surface area contributed by atoms with Crippen LogP contribution in [0.1, 0.15) is 0 Å². The summed E-state index contributed by atoms with van der Waals surface area (Å²) in [5.74, 6) is -0.0424. The molecule has 0 aliphatic carbocycles. The van der Waals surface area contributed by atoms with Crippen LogP contribution in [0.4, 0.5) is 0 Å². The first-order valence-corrected chi connectivity index (χ1v) is 4.63. The molecule has 82 valence electrons. The van der Waals surface area contributed by atoms with Gasteiger partial charge in [0.1, 0.15) is 0 Å². The summed E-state index contributed by atoms with van der Waals surface area (Å²) in [6, 6.07) is 7.01. The summed E-state index contributed by atoms with van der Waals surface area (Å²) in [6.07, 6.45) is 1.38. The van der Waals surface area contributed by atoms with E-state index < -0.39 is 0 Å². The van der Waals surface area contributed by atoms with Crippen molar-refractivity contribution in [2.45, 2.75) is 6.54 Å². The van der Waals surface area contributed by atoms with Gasteiger partial charge in [0.25, 0.3) is 5.56 Å². The minimum atomic E-state index is -0.211. The second-order valence-corrected chi connectivity index (χ2v) is 3.29. The highest BCUT2D eigenvalue weighted by Gasteiger charge is 2.04. The van der Waals surface area contributed by atoms with Crippen molar-refractivity contribution in [3.05, 3.63) is 40.9 Å². The number of benzene rings is 1. The number of para-hydroxylation sites is 1. The molecule has 6 heteroatoms. The molecular formula is C10H10N4O2. The van der Waals surface area contributed by atoms with Crippen LogP contribution in [0.15, 0.2) is 40.5 Å². The zero-order valence-electron chi connectivity index (χ0n) is 8.37. The van der Waals surface area contributed by atoms with Crippen molar-refractivity contribution in [2.75, 3.05) is 0 Å². The van der Waals surface area contributed by atoms with Gasteiger partial charge in [0.05, 0.1) is 23.8 Å². The van der Waals surface area contributed by atoms with E-state index in [9.17, 15) is 4.79 Å². The number of aromatic nitrogens is 2. The van der Waals surface area contributed by atoms with Crippen LogP contribution in [0.3, 0.4) is 0 Å². The first kappa shape index (κ1) is 10.2. The number of amidine groups is 1. The lowest BCUT2D eigenvalue weighted by Gasteiger charge is -2.04. The first-order valence-electron chi connectivity index (χ1n) is 4.63. The van der Waals surface area contributed by atoms with Crippen molar-refractivity contribution in [1.82, 2.24) is 9.55 Å². The molecule has 0 spiro atoms. The lowest BCUT2D eigenvalue weighted by molar-refractivity contribution is 0.316. The van der Waals surface area contributed by atoms with Crippen LogP contribution in [-0.2, 0) is 6.54 Å². The van der Waals surface area contributed by atoms with Crippen molar-refractivity contribution in [3.63, 3.8) is 0 Å². The number of hydrogen-bond donors (Lipinski definition) is 2. The van der Waals surface area contributed by atoms with E-state index in [2.05, 4.69) is 10.1 Å². The Balaban J connectivity index is 2.57. The molecule has 16 heavy (non-hydrogen) atoms. The monoisotopic (exact) mass is 218 g/mol. The summed E-state index contributed by atoms with van der Waals surface area (Å²) in [7, 11) is 0. The summed E-state index contributed by atoms with van der Waals surface area (Å²) in [4.78, 5) is 16.0. The van der Waals surface area contributed by atoms with Crippen LogP contribution in [0.25, 0.3) is 10.9 Å². The van der Waals surface area contributed by atoms with Gasteiger partial charge in [-0.05, 0) is 12.1 Å². The maximum Gasteiger partial charge on any atom is 0.261 e. The third kappa shape index (κ3) is 1.72. The second-order valence-electron chi connectivity index (χ2n) is 3.29. The number of hydrogen-bond acceptors (Lipinski definition) is 4. The number of nitrogens with zero attached hydrogens (tertiary/aromatic N) is 3. The van der Waals surface area contributed by atoms with E-state index in [1.807, 2.05) is 6.07 Å². The largest absolute Gasteiger partial charge is 0.409 e. The smallest absolute Gasteiger partial charge is 0.261 e. The van der Waals surface area contributed by atoms with Crippen molar-refractivity contribution >= 4 is 16.7 Å². The van der Waals surface area contributed by atoms with Crippen molar-refractivity contribution < 1.29 is 5.21 Å². The zero-order chi connectivity index (χ0) is 11.5. The van der Waals surface area contributed by atoms with E-state index in [1.165, 1.54) is 10.9 Å². The third-order valence-corrected chi connectivity index (χ3v) is 2.19. The van der Waals surface area contributed by atoms with Gasteiger partial charge in [-0.15, -0.1) is 0 Å². The van der Waals surface area contributed by atoms with Gasteiger partial charge >= 0.3 is 0 Å². The molecule has 0 fully saturated rings. The minimum absolute atomic E-state index is 0.0210. The Labute approximate surface area is 90.6 Å². The lowest BCUT2D eigenvalue weighted by atomic mass is 10.2. The van der Waals surface area contributed by atoms with Gasteiger partial charge in [0.2, 0.25) is 0 Å². The molecule has 2 rings (SSSR count). The van der Waals surface area contributed by atoms with Crippen LogP contribution >= 0.6 is 0 Å². The fourth-order valence-corrected chi connectivity index (χ4v) is 1.42. The zero-order valence-corrected chi connectivity index (χ0v) is 8.37. The highest BCUT2D eigenvalue weighted by molar-refractivity contribution is 5.80. The molecule has 0 bridgehead atoms.